The number of benzene rings is 1. The fourth-order valence-corrected chi connectivity index (χ4v) is 2.40. The molecule has 0 heterocycles. The van der Waals surface area contributed by atoms with Crippen LogP contribution in [0.1, 0.15) is 17.5 Å². The van der Waals surface area contributed by atoms with Crippen LogP contribution in [-0.4, -0.2) is 23.9 Å². The van der Waals surface area contributed by atoms with Gasteiger partial charge in [0, 0.05) is 23.3 Å². The molecule has 0 amide bonds. The van der Waals surface area contributed by atoms with Crippen molar-refractivity contribution in [2.24, 2.45) is 9.98 Å². The van der Waals surface area contributed by atoms with Crippen LogP contribution in [0.5, 0.6) is 0 Å². The first-order chi connectivity index (χ1) is 10.2. The summed E-state index contributed by atoms with van der Waals surface area (Å²) in [5.74, 6) is 0. The number of nitrogens with one attached hydrogen (secondary N) is 2. The molecule has 3 rings (SSSR count). The van der Waals surface area contributed by atoms with Crippen LogP contribution >= 0.6 is 0 Å². The predicted octanol–water partition coefficient (Wildman–Crippen LogP) is 3.41. The molecule has 0 saturated carbocycles. The molecule has 102 valence electrons. The van der Waals surface area contributed by atoms with Gasteiger partial charge in [-0.2, -0.15) is 0 Å². The number of nitrogens with zero attached hydrogens (tertiary/aromatic N) is 2. The monoisotopic (exact) mass is 274 g/mol. The number of allylic oxidation sites excluding steroid dienone is 5. The SMILES string of the molecule is C=NC1=C(N=C2C=CC=CC2)C(=N)C(=N)c2ccccc21. The lowest BCUT2D eigenvalue weighted by molar-refractivity contribution is 1.30. The molecule has 0 bridgehead atoms. The van der Waals surface area contributed by atoms with Crippen LogP contribution in [0.4, 0.5) is 0 Å². The van der Waals surface area contributed by atoms with E-state index < -0.39 is 0 Å². The van der Waals surface area contributed by atoms with Crippen LogP contribution in [-0.2, 0) is 0 Å². The van der Waals surface area contributed by atoms with Crippen molar-refractivity contribution in [3.63, 3.8) is 0 Å². The zero-order valence-corrected chi connectivity index (χ0v) is 11.4. The smallest absolute Gasteiger partial charge is 0.117 e. The van der Waals surface area contributed by atoms with Crippen LogP contribution in [0.25, 0.3) is 5.70 Å². The molecule has 0 spiro atoms. The van der Waals surface area contributed by atoms with Gasteiger partial charge in [-0.25, -0.2) is 4.99 Å². The summed E-state index contributed by atoms with van der Waals surface area (Å²) >= 11 is 0. The van der Waals surface area contributed by atoms with E-state index in [1.54, 1.807) is 0 Å². The molecular formula is C17H14N4. The lowest BCUT2D eigenvalue weighted by Gasteiger charge is -2.20. The topological polar surface area (TPSA) is 72.4 Å². The second kappa shape index (κ2) is 5.25. The zero-order chi connectivity index (χ0) is 14.8. The Hall–Kier alpha value is -2.88. The lowest BCUT2D eigenvalue weighted by atomic mass is 9.89. The molecule has 4 heteroatoms. The third kappa shape index (κ3) is 2.21. The Bertz CT molecular complexity index is 776. The van der Waals surface area contributed by atoms with Crippen LogP contribution in [0.3, 0.4) is 0 Å². The summed E-state index contributed by atoms with van der Waals surface area (Å²) in [5.41, 5.74) is 3.62. The van der Waals surface area contributed by atoms with E-state index in [0.29, 0.717) is 23.4 Å². The van der Waals surface area contributed by atoms with Gasteiger partial charge in [-0.3, -0.25) is 15.8 Å². The van der Waals surface area contributed by atoms with Gasteiger partial charge in [-0.05, 0) is 12.8 Å². The fourth-order valence-electron chi connectivity index (χ4n) is 2.40. The van der Waals surface area contributed by atoms with E-state index in [9.17, 15) is 0 Å². The van der Waals surface area contributed by atoms with Crippen molar-refractivity contribution in [1.29, 1.82) is 10.8 Å². The number of rotatable bonds is 2. The highest BCUT2D eigenvalue weighted by Gasteiger charge is 2.26. The van der Waals surface area contributed by atoms with E-state index in [0.717, 1.165) is 11.3 Å². The molecule has 1 aromatic carbocycles. The Balaban J connectivity index is 2.21. The van der Waals surface area contributed by atoms with Gasteiger partial charge < -0.3 is 0 Å². The number of hydrogen-bond donors (Lipinski definition) is 2. The average Bonchev–Trinajstić information content (AvgIpc) is 2.54. The Morgan fingerprint density at radius 3 is 2.38 bits per heavy atom. The van der Waals surface area contributed by atoms with Crippen molar-refractivity contribution < 1.29 is 0 Å². The van der Waals surface area contributed by atoms with Crippen LogP contribution in [0.15, 0.2) is 64.3 Å². The number of aliphatic imine (C=N–C) groups is 2. The van der Waals surface area contributed by atoms with E-state index in [1.807, 2.05) is 48.6 Å². The van der Waals surface area contributed by atoms with Crippen molar-refractivity contribution in [2.45, 2.75) is 6.42 Å². The van der Waals surface area contributed by atoms with Gasteiger partial charge in [-0.15, -0.1) is 0 Å². The first-order valence-electron chi connectivity index (χ1n) is 6.61. The number of fused-ring (bicyclic) bond motifs is 1. The van der Waals surface area contributed by atoms with Crippen LogP contribution < -0.4 is 0 Å². The molecule has 4 nitrogen and oxygen atoms in total. The van der Waals surface area contributed by atoms with Gasteiger partial charge in [0.2, 0.25) is 0 Å². The Morgan fingerprint density at radius 1 is 0.952 bits per heavy atom. The van der Waals surface area contributed by atoms with Crippen molar-refractivity contribution in [3.8, 4) is 0 Å². The van der Waals surface area contributed by atoms with E-state index in [-0.39, 0.29) is 11.4 Å². The van der Waals surface area contributed by atoms with Crippen LogP contribution in [0, 0.1) is 10.8 Å². The fraction of sp³-hybridized carbons (Fsp3) is 0.0588. The largest absolute Gasteiger partial charge is 0.298 e. The molecule has 0 saturated heterocycles. The minimum atomic E-state index is 0.0894. The Morgan fingerprint density at radius 2 is 1.71 bits per heavy atom. The minimum absolute atomic E-state index is 0.0894. The Labute approximate surface area is 123 Å². The molecule has 0 unspecified atom stereocenters. The maximum Gasteiger partial charge on any atom is 0.117 e. The van der Waals surface area contributed by atoms with E-state index in [4.69, 9.17) is 10.8 Å². The van der Waals surface area contributed by atoms with Gasteiger partial charge in [0.1, 0.15) is 11.4 Å². The second-order valence-electron chi connectivity index (χ2n) is 4.75. The quantitative estimate of drug-likeness (QED) is 0.776. The predicted molar refractivity (Wildman–Crippen MR) is 87.8 cm³/mol. The molecule has 2 aliphatic carbocycles. The first kappa shape index (κ1) is 13.1. The zero-order valence-electron chi connectivity index (χ0n) is 11.4. The maximum atomic E-state index is 8.22. The van der Waals surface area contributed by atoms with Crippen molar-refractivity contribution in [1.82, 2.24) is 0 Å². The first-order valence-corrected chi connectivity index (χ1v) is 6.61. The highest BCUT2D eigenvalue weighted by Crippen LogP contribution is 2.31. The minimum Gasteiger partial charge on any atom is -0.298 e. The molecule has 0 radical (unpaired) electrons. The highest BCUT2D eigenvalue weighted by molar-refractivity contribution is 6.54. The molecule has 2 N–H and O–H groups in total. The summed E-state index contributed by atoms with van der Waals surface area (Å²) < 4.78 is 0. The standard InChI is InChI=1S/C17H14N4/c1-20-16-13-10-6-5-9-12(13)14(18)15(19)17(16)21-11-7-3-2-4-8-11/h2-7,9-10,18-19H,1,8H2. The highest BCUT2D eigenvalue weighted by atomic mass is 14.9. The average molecular weight is 274 g/mol. The summed E-state index contributed by atoms with van der Waals surface area (Å²) in [7, 11) is 0. The summed E-state index contributed by atoms with van der Waals surface area (Å²) in [6, 6.07) is 7.45. The van der Waals surface area contributed by atoms with Crippen LogP contribution in [0.2, 0.25) is 0 Å². The normalized spacial score (nSPS) is 19.1. The van der Waals surface area contributed by atoms with Gasteiger partial charge in [-0.1, -0.05) is 42.5 Å². The van der Waals surface area contributed by atoms with Gasteiger partial charge >= 0.3 is 0 Å². The van der Waals surface area contributed by atoms with E-state index in [1.165, 1.54) is 0 Å². The molecule has 0 fully saturated rings. The van der Waals surface area contributed by atoms with Crippen molar-refractivity contribution in [2.75, 3.05) is 0 Å². The summed E-state index contributed by atoms with van der Waals surface area (Å²) in [5, 5.41) is 16.4. The summed E-state index contributed by atoms with van der Waals surface area (Å²) in [6.07, 6.45) is 8.50. The third-order valence-corrected chi connectivity index (χ3v) is 3.44. The molecule has 0 atom stereocenters. The summed E-state index contributed by atoms with van der Waals surface area (Å²) in [6.45, 7) is 3.61. The molecule has 2 aliphatic rings. The van der Waals surface area contributed by atoms with Gasteiger partial charge in [0.15, 0.2) is 0 Å². The molecule has 21 heavy (non-hydrogen) atoms. The molecular weight excluding hydrogens is 260 g/mol. The Kier molecular flexibility index (Phi) is 3.28. The van der Waals surface area contributed by atoms with Crippen molar-refractivity contribution >= 4 is 29.5 Å². The van der Waals surface area contributed by atoms with E-state index >= 15 is 0 Å². The second-order valence-corrected chi connectivity index (χ2v) is 4.75. The van der Waals surface area contributed by atoms with Gasteiger partial charge in [0.25, 0.3) is 0 Å². The summed E-state index contributed by atoms with van der Waals surface area (Å²) in [4.78, 5) is 8.60. The number of hydrogen-bond acceptors (Lipinski definition) is 4. The molecule has 0 aliphatic heterocycles. The van der Waals surface area contributed by atoms with E-state index in [2.05, 4.69) is 16.7 Å². The van der Waals surface area contributed by atoms with Gasteiger partial charge in [0.05, 0.1) is 11.4 Å². The third-order valence-electron chi connectivity index (χ3n) is 3.44. The lowest BCUT2D eigenvalue weighted by Crippen LogP contribution is -2.23. The maximum absolute atomic E-state index is 8.22. The molecule has 0 aromatic heterocycles. The van der Waals surface area contributed by atoms with Crippen molar-refractivity contribution in [3.05, 3.63) is 65.4 Å². The molecule has 1 aromatic rings.